The number of methoxy groups -OCH3 is 2. The lowest BCUT2D eigenvalue weighted by molar-refractivity contribution is -0.942. The Balaban J connectivity index is 2.41. The standard InChI is InChI=1S/C16H26NO3/c1-11(18)10-17(3)7-6-13-8-15(19-4)16(20-5)9-14(13)12(17)2/h8-9,11-12,18H,6-7,10H2,1-5H3/q+1/t11-,12-,17+/m0/s1. The van der Waals surface area contributed by atoms with Gasteiger partial charge in [-0.15, -0.1) is 0 Å². The summed E-state index contributed by atoms with van der Waals surface area (Å²) in [7, 11) is 5.56. The molecule has 4 nitrogen and oxygen atoms in total. The van der Waals surface area contributed by atoms with Crippen LogP contribution in [0.2, 0.25) is 0 Å². The van der Waals surface area contributed by atoms with E-state index >= 15 is 0 Å². The van der Waals surface area contributed by atoms with Crippen molar-refractivity contribution in [1.29, 1.82) is 0 Å². The zero-order valence-electron chi connectivity index (χ0n) is 13.1. The molecule has 0 unspecified atom stereocenters. The van der Waals surface area contributed by atoms with Crippen LogP contribution in [0.25, 0.3) is 0 Å². The molecule has 0 saturated carbocycles. The summed E-state index contributed by atoms with van der Waals surface area (Å²) in [5, 5.41) is 9.76. The van der Waals surface area contributed by atoms with E-state index in [1.54, 1.807) is 14.2 Å². The zero-order valence-corrected chi connectivity index (χ0v) is 13.1. The smallest absolute Gasteiger partial charge is 0.161 e. The van der Waals surface area contributed by atoms with Gasteiger partial charge in [-0.1, -0.05) is 0 Å². The van der Waals surface area contributed by atoms with Gasteiger partial charge in [-0.05, 0) is 31.5 Å². The van der Waals surface area contributed by atoms with Gasteiger partial charge < -0.3 is 19.1 Å². The summed E-state index contributed by atoms with van der Waals surface area (Å²) in [5.41, 5.74) is 2.63. The number of aliphatic hydroxyl groups is 1. The molecule has 3 atom stereocenters. The van der Waals surface area contributed by atoms with E-state index in [4.69, 9.17) is 9.47 Å². The van der Waals surface area contributed by atoms with Crippen LogP contribution in [0.3, 0.4) is 0 Å². The molecule has 4 heteroatoms. The Morgan fingerprint density at radius 3 is 2.45 bits per heavy atom. The van der Waals surface area contributed by atoms with Crippen LogP contribution >= 0.6 is 0 Å². The van der Waals surface area contributed by atoms with Gasteiger partial charge in [0.1, 0.15) is 18.7 Å². The molecule has 0 radical (unpaired) electrons. The van der Waals surface area contributed by atoms with E-state index in [0.29, 0.717) is 6.04 Å². The third-order valence-electron chi connectivity index (χ3n) is 4.60. The molecule has 1 aromatic carbocycles. The molecule has 0 bridgehead atoms. The van der Waals surface area contributed by atoms with Crippen LogP contribution in [0.1, 0.15) is 31.0 Å². The summed E-state index contributed by atoms with van der Waals surface area (Å²) < 4.78 is 11.7. The van der Waals surface area contributed by atoms with Crippen LogP contribution < -0.4 is 9.47 Å². The van der Waals surface area contributed by atoms with Crippen molar-refractivity contribution in [1.82, 2.24) is 0 Å². The Morgan fingerprint density at radius 2 is 1.90 bits per heavy atom. The molecule has 1 aromatic rings. The first-order chi connectivity index (χ1) is 9.41. The SMILES string of the molecule is COc1cc2c(cc1OC)[C@H](C)[N@@+](C)(C[C@H](C)O)CC2. The lowest BCUT2D eigenvalue weighted by Gasteiger charge is -2.45. The summed E-state index contributed by atoms with van der Waals surface area (Å²) in [6.45, 7) is 5.90. The van der Waals surface area contributed by atoms with Crippen molar-refractivity contribution < 1.29 is 19.1 Å². The summed E-state index contributed by atoms with van der Waals surface area (Å²) in [6.07, 6.45) is 0.715. The molecule has 0 aliphatic carbocycles. The number of hydrogen-bond donors (Lipinski definition) is 1. The van der Waals surface area contributed by atoms with Gasteiger partial charge in [0.05, 0.1) is 27.8 Å². The fourth-order valence-electron chi connectivity index (χ4n) is 3.30. The number of aliphatic hydroxyl groups excluding tert-OH is 1. The minimum atomic E-state index is -0.288. The molecule has 0 saturated heterocycles. The van der Waals surface area contributed by atoms with Gasteiger partial charge in [-0.3, -0.25) is 0 Å². The number of nitrogens with zero attached hydrogens (tertiary/aromatic N) is 1. The molecule has 1 aliphatic heterocycles. The van der Waals surface area contributed by atoms with Crippen molar-refractivity contribution in [2.45, 2.75) is 32.4 Å². The van der Waals surface area contributed by atoms with E-state index in [9.17, 15) is 5.11 Å². The molecule has 0 spiro atoms. The third-order valence-corrected chi connectivity index (χ3v) is 4.60. The largest absolute Gasteiger partial charge is 0.493 e. The van der Waals surface area contributed by atoms with E-state index in [1.165, 1.54) is 11.1 Å². The highest BCUT2D eigenvalue weighted by atomic mass is 16.5. The second-order valence-electron chi connectivity index (χ2n) is 6.07. The number of rotatable bonds is 4. The molecule has 112 valence electrons. The fraction of sp³-hybridized carbons (Fsp3) is 0.625. The van der Waals surface area contributed by atoms with Gasteiger partial charge in [0, 0.05) is 12.0 Å². The average molecular weight is 280 g/mol. The Kier molecular flexibility index (Phi) is 4.25. The molecule has 2 rings (SSSR count). The van der Waals surface area contributed by atoms with E-state index in [0.717, 1.165) is 35.5 Å². The highest BCUT2D eigenvalue weighted by Crippen LogP contribution is 2.40. The van der Waals surface area contributed by atoms with Crippen LogP contribution in [-0.2, 0) is 6.42 Å². The molecule has 1 heterocycles. The Hall–Kier alpha value is -1.26. The monoisotopic (exact) mass is 280 g/mol. The van der Waals surface area contributed by atoms with Crippen LogP contribution in [-0.4, -0.2) is 50.1 Å². The Bertz CT molecular complexity index is 487. The minimum Gasteiger partial charge on any atom is -0.493 e. The third kappa shape index (κ3) is 2.63. The van der Waals surface area contributed by atoms with Crippen molar-refractivity contribution in [3.8, 4) is 11.5 Å². The normalized spacial score (nSPS) is 26.8. The highest BCUT2D eigenvalue weighted by Gasteiger charge is 2.37. The number of quaternary nitrogens is 1. The summed E-state index contributed by atoms with van der Waals surface area (Å²) in [5.74, 6) is 1.58. The van der Waals surface area contributed by atoms with E-state index in [-0.39, 0.29) is 6.10 Å². The van der Waals surface area contributed by atoms with Crippen molar-refractivity contribution in [2.24, 2.45) is 0 Å². The van der Waals surface area contributed by atoms with Gasteiger partial charge in [-0.25, -0.2) is 0 Å². The maximum absolute atomic E-state index is 9.76. The lowest BCUT2D eigenvalue weighted by atomic mass is 9.90. The lowest BCUT2D eigenvalue weighted by Crippen LogP contribution is -2.53. The van der Waals surface area contributed by atoms with Crippen LogP contribution in [0.5, 0.6) is 11.5 Å². The molecule has 0 fully saturated rings. The first-order valence-corrected chi connectivity index (χ1v) is 7.18. The van der Waals surface area contributed by atoms with Crippen molar-refractivity contribution >= 4 is 0 Å². The zero-order chi connectivity index (χ0) is 14.9. The molecule has 0 aromatic heterocycles. The van der Waals surface area contributed by atoms with Crippen molar-refractivity contribution in [2.75, 3.05) is 34.4 Å². The number of ether oxygens (including phenoxy) is 2. The van der Waals surface area contributed by atoms with Gasteiger partial charge in [-0.2, -0.15) is 0 Å². The van der Waals surface area contributed by atoms with Gasteiger partial charge in [0.15, 0.2) is 11.5 Å². The summed E-state index contributed by atoms with van der Waals surface area (Å²) in [6, 6.07) is 4.53. The number of benzene rings is 1. The molecule has 0 amide bonds. The van der Waals surface area contributed by atoms with Gasteiger partial charge in [0.2, 0.25) is 0 Å². The quantitative estimate of drug-likeness (QED) is 0.859. The molecular formula is C16H26NO3+. The molecular weight excluding hydrogens is 254 g/mol. The van der Waals surface area contributed by atoms with E-state index in [1.807, 2.05) is 6.92 Å². The predicted molar refractivity (Wildman–Crippen MR) is 79.3 cm³/mol. The van der Waals surface area contributed by atoms with Crippen LogP contribution in [0.4, 0.5) is 0 Å². The average Bonchev–Trinajstić information content (AvgIpc) is 2.41. The Labute approximate surface area is 121 Å². The maximum atomic E-state index is 9.76. The van der Waals surface area contributed by atoms with Crippen molar-refractivity contribution in [3.63, 3.8) is 0 Å². The van der Waals surface area contributed by atoms with E-state index in [2.05, 4.69) is 26.1 Å². The first kappa shape index (κ1) is 15.1. The summed E-state index contributed by atoms with van der Waals surface area (Å²) >= 11 is 0. The molecule has 1 N–H and O–H groups in total. The van der Waals surface area contributed by atoms with Gasteiger partial charge in [0.25, 0.3) is 0 Å². The fourth-order valence-corrected chi connectivity index (χ4v) is 3.30. The molecule has 1 aliphatic rings. The number of fused-ring (bicyclic) bond motifs is 1. The molecule has 20 heavy (non-hydrogen) atoms. The minimum absolute atomic E-state index is 0.288. The topological polar surface area (TPSA) is 38.7 Å². The highest BCUT2D eigenvalue weighted by molar-refractivity contribution is 5.48. The van der Waals surface area contributed by atoms with E-state index < -0.39 is 0 Å². The number of hydrogen-bond acceptors (Lipinski definition) is 3. The summed E-state index contributed by atoms with van der Waals surface area (Å²) in [4.78, 5) is 0. The van der Waals surface area contributed by atoms with Gasteiger partial charge >= 0.3 is 0 Å². The second-order valence-corrected chi connectivity index (χ2v) is 6.07. The maximum Gasteiger partial charge on any atom is 0.161 e. The van der Waals surface area contributed by atoms with Crippen LogP contribution in [0.15, 0.2) is 12.1 Å². The number of likely N-dealkylation sites (N-methyl/N-ethyl adjacent to an activating group) is 1. The van der Waals surface area contributed by atoms with Crippen LogP contribution in [0, 0.1) is 0 Å². The Morgan fingerprint density at radius 1 is 1.30 bits per heavy atom. The predicted octanol–water partition coefficient (Wildman–Crippen LogP) is 2.15. The van der Waals surface area contributed by atoms with Crippen molar-refractivity contribution in [3.05, 3.63) is 23.3 Å². The first-order valence-electron chi connectivity index (χ1n) is 7.18. The second kappa shape index (κ2) is 5.62.